The molecule has 126 valence electrons. The van der Waals surface area contributed by atoms with Crippen LogP contribution in [0.5, 0.6) is 0 Å². The van der Waals surface area contributed by atoms with E-state index < -0.39 is 6.10 Å². The van der Waals surface area contributed by atoms with Gasteiger partial charge >= 0.3 is 0 Å². The van der Waals surface area contributed by atoms with Gasteiger partial charge in [0, 0.05) is 44.3 Å². The van der Waals surface area contributed by atoms with Gasteiger partial charge in [0.25, 0.3) is 0 Å². The summed E-state index contributed by atoms with van der Waals surface area (Å²) in [7, 11) is 0. The van der Waals surface area contributed by atoms with Crippen LogP contribution in [0.2, 0.25) is 0 Å². The number of aliphatic hydroxyl groups excluding tert-OH is 1. The van der Waals surface area contributed by atoms with Gasteiger partial charge in [-0.05, 0) is 24.5 Å². The molecular weight excluding hydrogens is 306 g/mol. The molecule has 0 unspecified atom stereocenters. The van der Waals surface area contributed by atoms with Crippen molar-refractivity contribution in [3.05, 3.63) is 48.7 Å². The van der Waals surface area contributed by atoms with Crippen LogP contribution in [-0.2, 0) is 11.2 Å². The minimum absolute atomic E-state index is 0.0455. The lowest BCUT2D eigenvalue weighted by Crippen LogP contribution is -2.54. The summed E-state index contributed by atoms with van der Waals surface area (Å²) in [5.74, 6) is 0.703. The van der Waals surface area contributed by atoms with E-state index >= 15 is 0 Å². The molecule has 0 bridgehead atoms. The first kappa shape index (κ1) is 16.3. The monoisotopic (exact) mass is 327 g/mol. The largest absolute Gasteiger partial charge is 0.389 e. The number of anilines is 1. The van der Waals surface area contributed by atoms with Gasteiger partial charge in [-0.1, -0.05) is 6.07 Å². The van der Waals surface area contributed by atoms with E-state index in [9.17, 15) is 9.90 Å². The van der Waals surface area contributed by atoms with E-state index in [2.05, 4.69) is 20.3 Å². The van der Waals surface area contributed by atoms with E-state index in [0.29, 0.717) is 25.8 Å². The number of hydrogen-bond donors (Lipinski definition) is 2. The topological polar surface area (TPSA) is 91.2 Å². The second-order valence-corrected chi connectivity index (χ2v) is 5.90. The molecule has 0 radical (unpaired) electrons. The van der Waals surface area contributed by atoms with Crippen molar-refractivity contribution in [1.82, 2.24) is 20.3 Å². The molecule has 2 N–H and O–H groups in total. The molecule has 1 fully saturated rings. The van der Waals surface area contributed by atoms with Gasteiger partial charge in [-0.15, -0.1) is 0 Å². The molecular formula is C17H21N5O2. The number of β-amino-alcohol motifs (C(OH)–C–C–N with tert-alkyl or cyclic N) is 1. The Kier molecular flexibility index (Phi) is 5.32. The zero-order valence-corrected chi connectivity index (χ0v) is 13.4. The van der Waals surface area contributed by atoms with Crippen molar-refractivity contribution in [2.24, 2.45) is 0 Å². The standard InChI is InChI=1S/C17H21N5O2/c23-15-12-22(16-11-19-7-8-20-16)9-5-14(15)21-17(24)4-3-13-2-1-6-18-10-13/h1-2,6-8,10-11,14-15,23H,3-5,9,12H2,(H,21,24)/t14-,15-/m0/s1. The summed E-state index contributed by atoms with van der Waals surface area (Å²) in [6.45, 7) is 1.16. The average Bonchev–Trinajstić information content (AvgIpc) is 2.63. The molecule has 0 saturated carbocycles. The normalized spacial score (nSPS) is 20.6. The Bertz CT molecular complexity index is 653. The average molecular weight is 327 g/mol. The van der Waals surface area contributed by atoms with Crippen molar-refractivity contribution in [1.29, 1.82) is 0 Å². The molecule has 0 aromatic carbocycles. The van der Waals surface area contributed by atoms with Crippen LogP contribution in [0.3, 0.4) is 0 Å². The maximum absolute atomic E-state index is 12.1. The number of nitrogens with zero attached hydrogens (tertiary/aromatic N) is 4. The van der Waals surface area contributed by atoms with Crippen LogP contribution < -0.4 is 10.2 Å². The summed E-state index contributed by atoms with van der Waals surface area (Å²) >= 11 is 0. The summed E-state index contributed by atoms with van der Waals surface area (Å²) in [5.41, 5.74) is 1.03. The van der Waals surface area contributed by atoms with Crippen LogP contribution in [0.25, 0.3) is 0 Å². The Labute approximate surface area is 140 Å². The highest BCUT2D eigenvalue weighted by molar-refractivity contribution is 5.76. The van der Waals surface area contributed by atoms with E-state index in [-0.39, 0.29) is 11.9 Å². The molecule has 1 saturated heterocycles. The lowest BCUT2D eigenvalue weighted by atomic mass is 10.0. The number of aromatic nitrogens is 3. The van der Waals surface area contributed by atoms with Gasteiger partial charge in [0.1, 0.15) is 5.82 Å². The minimum atomic E-state index is -0.622. The third kappa shape index (κ3) is 4.26. The van der Waals surface area contributed by atoms with Crippen LogP contribution in [0.4, 0.5) is 5.82 Å². The fourth-order valence-electron chi connectivity index (χ4n) is 2.85. The SMILES string of the molecule is O=C(CCc1cccnc1)N[C@H]1CCN(c2cnccn2)C[C@@H]1O. The van der Waals surface area contributed by atoms with E-state index in [1.807, 2.05) is 17.0 Å². The van der Waals surface area contributed by atoms with Crippen molar-refractivity contribution in [3.8, 4) is 0 Å². The Morgan fingerprint density at radius 1 is 1.29 bits per heavy atom. The molecule has 3 heterocycles. The second kappa shape index (κ2) is 7.83. The molecule has 7 nitrogen and oxygen atoms in total. The smallest absolute Gasteiger partial charge is 0.220 e. The highest BCUT2D eigenvalue weighted by atomic mass is 16.3. The lowest BCUT2D eigenvalue weighted by molar-refractivity contribution is -0.122. The predicted octanol–water partition coefficient (Wildman–Crippen LogP) is 0.560. The Morgan fingerprint density at radius 3 is 2.88 bits per heavy atom. The number of rotatable bonds is 5. The first-order valence-corrected chi connectivity index (χ1v) is 8.09. The van der Waals surface area contributed by atoms with Gasteiger partial charge in [0.2, 0.25) is 5.91 Å². The van der Waals surface area contributed by atoms with Crippen molar-refractivity contribution >= 4 is 11.7 Å². The van der Waals surface area contributed by atoms with Crippen molar-refractivity contribution in [2.45, 2.75) is 31.4 Å². The number of aryl methyl sites for hydroxylation is 1. The van der Waals surface area contributed by atoms with Crippen molar-refractivity contribution in [2.75, 3.05) is 18.0 Å². The number of pyridine rings is 1. The number of amides is 1. The molecule has 0 spiro atoms. The summed E-state index contributed by atoms with van der Waals surface area (Å²) in [6, 6.07) is 3.59. The molecule has 2 aromatic rings. The summed E-state index contributed by atoms with van der Waals surface area (Å²) in [4.78, 5) is 26.4. The zero-order chi connectivity index (χ0) is 16.8. The van der Waals surface area contributed by atoms with Gasteiger partial charge < -0.3 is 15.3 Å². The van der Waals surface area contributed by atoms with Gasteiger partial charge in [-0.25, -0.2) is 4.98 Å². The lowest BCUT2D eigenvalue weighted by Gasteiger charge is -2.36. The maximum Gasteiger partial charge on any atom is 0.220 e. The Hall–Kier alpha value is -2.54. The maximum atomic E-state index is 12.1. The number of nitrogens with one attached hydrogen (secondary N) is 1. The quantitative estimate of drug-likeness (QED) is 0.834. The number of hydrogen-bond acceptors (Lipinski definition) is 6. The van der Waals surface area contributed by atoms with Crippen LogP contribution in [0.15, 0.2) is 43.1 Å². The van der Waals surface area contributed by atoms with Gasteiger partial charge in [-0.3, -0.25) is 14.8 Å². The Morgan fingerprint density at radius 2 is 2.17 bits per heavy atom. The van der Waals surface area contributed by atoms with Gasteiger partial charge in [-0.2, -0.15) is 0 Å². The molecule has 3 rings (SSSR count). The molecule has 2 atom stereocenters. The van der Waals surface area contributed by atoms with Crippen LogP contribution >= 0.6 is 0 Å². The summed E-state index contributed by atoms with van der Waals surface area (Å²) < 4.78 is 0. The Balaban J connectivity index is 1.47. The molecule has 1 amide bonds. The number of aliphatic hydroxyl groups is 1. The highest BCUT2D eigenvalue weighted by Gasteiger charge is 2.29. The molecule has 0 aliphatic carbocycles. The third-order valence-electron chi connectivity index (χ3n) is 4.17. The number of carbonyl (C=O) groups is 1. The number of piperidine rings is 1. The van der Waals surface area contributed by atoms with E-state index in [1.54, 1.807) is 31.0 Å². The van der Waals surface area contributed by atoms with E-state index in [4.69, 9.17) is 0 Å². The molecule has 7 heteroatoms. The number of carbonyl (C=O) groups excluding carboxylic acids is 1. The van der Waals surface area contributed by atoms with Crippen LogP contribution in [0.1, 0.15) is 18.4 Å². The fourth-order valence-corrected chi connectivity index (χ4v) is 2.85. The third-order valence-corrected chi connectivity index (χ3v) is 4.17. The van der Waals surface area contributed by atoms with E-state index in [1.165, 1.54) is 0 Å². The zero-order valence-electron chi connectivity index (χ0n) is 13.4. The first-order chi connectivity index (χ1) is 11.7. The van der Waals surface area contributed by atoms with Crippen LogP contribution in [-0.4, -0.2) is 51.2 Å². The summed E-state index contributed by atoms with van der Waals surface area (Å²) in [6.07, 6.45) is 9.51. The van der Waals surface area contributed by atoms with Crippen LogP contribution in [0, 0.1) is 0 Å². The molecule has 1 aliphatic rings. The van der Waals surface area contributed by atoms with Crippen molar-refractivity contribution in [3.63, 3.8) is 0 Å². The first-order valence-electron chi connectivity index (χ1n) is 8.09. The van der Waals surface area contributed by atoms with Gasteiger partial charge in [0.05, 0.1) is 18.3 Å². The molecule has 1 aliphatic heterocycles. The second-order valence-electron chi connectivity index (χ2n) is 5.90. The van der Waals surface area contributed by atoms with E-state index in [0.717, 1.165) is 17.9 Å². The highest BCUT2D eigenvalue weighted by Crippen LogP contribution is 2.17. The summed E-state index contributed by atoms with van der Waals surface area (Å²) in [5, 5.41) is 13.3. The minimum Gasteiger partial charge on any atom is -0.389 e. The van der Waals surface area contributed by atoms with Gasteiger partial charge in [0.15, 0.2) is 0 Å². The fraction of sp³-hybridized carbons (Fsp3) is 0.412. The predicted molar refractivity (Wildman–Crippen MR) is 89.4 cm³/mol. The molecule has 24 heavy (non-hydrogen) atoms. The molecule has 2 aromatic heterocycles. The van der Waals surface area contributed by atoms with Crippen molar-refractivity contribution < 1.29 is 9.90 Å².